The van der Waals surface area contributed by atoms with Crippen LogP contribution in [-0.2, 0) is 11.3 Å². The Morgan fingerprint density at radius 3 is 3.10 bits per heavy atom. The number of hydrogen-bond acceptors (Lipinski definition) is 6. The van der Waals surface area contributed by atoms with E-state index >= 15 is 0 Å². The maximum Gasteiger partial charge on any atom is 0.347 e. The van der Waals surface area contributed by atoms with E-state index in [1.807, 2.05) is 17.5 Å². The fourth-order valence-corrected chi connectivity index (χ4v) is 3.51. The zero-order chi connectivity index (χ0) is 14.1. The summed E-state index contributed by atoms with van der Waals surface area (Å²) in [7, 11) is 1.52. The molecule has 0 radical (unpaired) electrons. The van der Waals surface area contributed by atoms with Crippen molar-refractivity contribution in [2.24, 2.45) is 0 Å². The molecule has 0 spiro atoms. The van der Waals surface area contributed by atoms with Gasteiger partial charge >= 0.3 is 5.97 Å². The SMILES string of the molecule is COCc1nc(-c2cnc3ccsc3c2)sc1C(=O)O. The summed E-state index contributed by atoms with van der Waals surface area (Å²) in [6, 6.07) is 3.93. The summed E-state index contributed by atoms with van der Waals surface area (Å²) in [4.78, 5) is 20.1. The van der Waals surface area contributed by atoms with Crippen molar-refractivity contribution < 1.29 is 14.6 Å². The average molecular weight is 306 g/mol. The van der Waals surface area contributed by atoms with Crippen LogP contribution in [0.15, 0.2) is 23.7 Å². The minimum atomic E-state index is -0.981. The number of fused-ring (bicyclic) bond motifs is 1. The zero-order valence-electron chi connectivity index (χ0n) is 10.5. The van der Waals surface area contributed by atoms with Gasteiger partial charge in [-0.3, -0.25) is 4.98 Å². The highest BCUT2D eigenvalue weighted by molar-refractivity contribution is 7.17. The Bertz CT molecular complexity index is 779. The number of carbonyl (C=O) groups is 1. The van der Waals surface area contributed by atoms with Gasteiger partial charge in [0.05, 0.1) is 22.5 Å². The molecule has 1 N–H and O–H groups in total. The fraction of sp³-hybridized carbons (Fsp3) is 0.154. The van der Waals surface area contributed by atoms with Crippen molar-refractivity contribution in [3.05, 3.63) is 34.3 Å². The summed E-state index contributed by atoms with van der Waals surface area (Å²) in [6.45, 7) is 0.187. The maximum atomic E-state index is 11.2. The van der Waals surface area contributed by atoms with Crippen LogP contribution in [-0.4, -0.2) is 28.2 Å². The first-order valence-electron chi connectivity index (χ1n) is 5.74. The first-order chi connectivity index (χ1) is 9.69. The van der Waals surface area contributed by atoms with E-state index < -0.39 is 5.97 Å². The van der Waals surface area contributed by atoms with Crippen LogP contribution in [0.2, 0.25) is 0 Å². The Labute approximate surface area is 122 Å². The van der Waals surface area contributed by atoms with Crippen molar-refractivity contribution >= 4 is 38.9 Å². The Kier molecular flexibility index (Phi) is 3.47. The van der Waals surface area contributed by atoms with Gasteiger partial charge in [-0.1, -0.05) is 0 Å². The molecule has 5 nitrogen and oxygen atoms in total. The Hall–Kier alpha value is -1.83. The summed E-state index contributed by atoms with van der Waals surface area (Å²) in [5.41, 5.74) is 2.21. The summed E-state index contributed by atoms with van der Waals surface area (Å²) in [5, 5.41) is 11.8. The first kappa shape index (κ1) is 13.2. The Morgan fingerprint density at radius 2 is 2.35 bits per heavy atom. The largest absolute Gasteiger partial charge is 0.477 e. The molecule has 0 bridgehead atoms. The normalized spacial score (nSPS) is 11.1. The lowest BCUT2D eigenvalue weighted by molar-refractivity contribution is 0.0697. The fourth-order valence-electron chi connectivity index (χ4n) is 1.84. The van der Waals surface area contributed by atoms with Gasteiger partial charge in [-0.2, -0.15) is 0 Å². The second-order valence-electron chi connectivity index (χ2n) is 4.06. The molecule has 3 aromatic heterocycles. The molecule has 0 atom stereocenters. The molecule has 102 valence electrons. The van der Waals surface area contributed by atoms with Crippen LogP contribution in [0.4, 0.5) is 0 Å². The molecular weight excluding hydrogens is 296 g/mol. The third kappa shape index (κ3) is 2.31. The number of hydrogen-bond donors (Lipinski definition) is 1. The highest BCUT2D eigenvalue weighted by Gasteiger charge is 2.18. The van der Waals surface area contributed by atoms with Gasteiger partial charge in [-0.15, -0.1) is 22.7 Å². The van der Waals surface area contributed by atoms with Crippen LogP contribution >= 0.6 is 22.7 Å². The van der Waals surface area contributed by atoms with Crippen molar-refractivity contribution in [2.45, 2.75) is 6.61 Å². The number of carboxylic acid groups (broad SMARTS) is 1. The van der Waals surface area contributed by atoms with E-state index in [9.17, 15) is 9.90 Å². The number of ether oxygens (including phenoxy) is 1. The van der Waals surface area contributed by atoms with E-state index in [1.54, 1.807) is 17.5 Å². The number of aromatic nitrogens is 2. The summed E-state index contributed by atoms with van der Waals surface area (Å²) >= 11 is 2.74. The molecule has 0 amide bonds. The smallest absolute Gasteiger partial charge is 0.347 e. The van der Waals surface area contributed by atoms with Crippen molar-refractivity contribution in [1.29, 1.82) is 0 Å². The number of thiophene rings is 1. The van der Waals surface area contributed by atoms with Gasteiger partial charge in [0.2, 0.25) is 0 Å². The molecule has 7 heteroatoms. The summed E-state index contributed by atoms with van der Waals surface area (Å²) in [5.74, 6) is -0.981. The molecule has 3 rings (SSSR count). The van der Waals surface area contributed by atoms with Gasteiger partial charge in [0.1, 0.15) is 9.88 Å². The van der Waals surface area contributed by atoms with Gasteiger partial charge < -0.3 is 9.84 Å². The lowest BCUT2D eigenvalue weighted by Gasteiger charge is -1.96. The lowest BCUT2D eigenvalue weighted by Crippen LogP contribution is -1.99. The second kappa shape index (κ2) is 5.28. The Balaban J connectivity index is 2.08. The van der Waals surface area contributed by atoms with Crippen LogP contribution in [0.25, 0.3) is 20.8 Å². The van der Waals surface area contributed by atoms with Gasteiger partial charge in [0.15, 0.2) is 0 Å². The van der Waals surface area contributed by atoms with E-state index in [1.165, 1.54) is 7.11 Å². The molecule has 3 aromatic rings. The van der Waals surface area contributed by atoms with E-state index in [2.05, 4.69) is 9.97 Å². The lowest BCUT2D eigenvalue weighted by atomic mass is 10.3. The van der Waals surface area contributed by atoms with Crippen LogP contribution < -0.4 is 0 Å². The third-order valence-corrected chi connectivity index (χ3v) is 4.71. The molecule has 0 fully saturated rings. The monoisotopic (exact) mass is 306 g/mol. The number of nitrogens with zero attached hydrogens (tertiary/aromatic N) is 2. The third-order valence-electron chi connectivity index (χ3n) is 2.72. The molecule has 0 aliphatic heterocycles. The highest BCUT2D eigenvalue weighted by Crippen LogP contribution is 2.31. The van der Waals surface area contributed by atoms with Gasteiger partial charge in [0, 0.05) is 18.9 Å². The Morgan fingerprint density at radius 1 is 1.50 bits per heavy atom. The predicted molar refractivity (Wildman–Crippen MR) is 78.4 cm³/mol. The van der Waals surface area contributed by atoms with Crippen molar-refractivity contribution in [1.82, 2.24) is 9.97 Å². The van der Waals surface area contributed by atoms with Crippen molar-refractivity contribution in [3.63, 3.8) is 0 Å². The van der Waals surface area contributed by atoms with E-state index in [0.717, 1.165) is 27.1 Å². The number of rotatable bonds is 4. The van der Waals surface area contributed by atoms with Crippen LogP contribution in [0.3, 0.4) is 0 Å². The summed E-state index contributed by atoms with van der Waals surface area (Å²) < 4.78 is 6.05. The van der Waals surface area contributed by atoms with E-state index in [-0.39, 0.29) is 11.5 Å². The molecule has 0 aliphatic carbocycles. The number of carboxylic acids is 1. The molecule has 0 aromatic carbocycles. The van der Waals surface area contributed by atoms with Crippen LogP contribution in [0.1, 0.15) is 15.4 Å². The molecule has 0 saturated carbocycles. The zero-order valence-corrected chi connectivity index (χ0v) is 12.1. The molecule has 0 unspecified atom stereocenters. The van der Waals surface area contributed by atoms with Gasteiger partial charge in [-0.25, -0.2) is 9.78 Å². The molecule has 0 aliphatic rings. The number of pyridine rings is 1. The minimum Gasteiger partial charge on any atom is -0.477 e. The van der Waals surface area contributed by atoms with Gasteiger partial charge in [-0.05, 0) is 17.5 Å². The minimum absolute atomic E-state index is 0.187. The maximum absolute atomic E-state index is 11.2. The first-order valence-corrected chi connectivity index (χ1v) is 7.44. The molecular formula is C13H10N2O3S2. The predicted octanol–water partition coefficient (Wildman–Crippen LogP) is 3.26. The number of thiazole rings is 1. The van der Waals surface area contributed by atoms with Crippen LogP contribution in [0.5, 0.6) is 0 Å². The second-order valence-corrected chi connectivity index (χ2v) is 6.01. The number of methoxy groups -OCH3 is 1. The molecule has 20 heavy (non-hydrogen) atoms. The van der Waals surface area contributed by atoms with Crippen LogP contribution in [0, 0.1) is 0 Å². The van der Waals surface area contributed by atoms with E-state index in [4.69, 9.17) is 4.74 Å². The quantitative estimate of drug-likeness (QED) is 0.801. The molecule has 3 heterocycles. The van der Waals surface area contributed by atoms with E-state index in [0.29, 0.717) is 10.7 Å². The molecule has 0 saturated heterocycles. The van der Waals surface area contributed by atoms with Crippen molar-refractivity contribution in [3.8, 4) is 10.6 Å². The van der Waals surface area contributed by atoms with Gasteiger partial charge in [0.25, 0.3) is 0 Å². The van der Waals surface area contributed by atoms with Crippen molar-refractivity contribution in [2.75, 3.05) is 7.11 Å². The number of aromatic carboxylic acids is 1. The average Bonchev–Trinajstić information content (AvgIpc) is 3.04. The topological polar surface area (TPSA) is 72.3 Å². The highest BCUT2D eigenvalue weighted by atomic mass is 32.1. The summed E-state index contributed by atoms with van der Waals surface area (Å²) in [6.07, 6.45) is 1.72. The standard InChI is InChI=1S/C13H10N2O3S2/c1-18-6-9-11(13(16)17)20-12(15-9)7-4-10-8(14-5-7)2-3-19-10/h2-5H,6H2,1H3,(H,16,17).